The van der Waals surface area contributed by atoms with Crippen molar-refractivity contribution in [2.24, 2.45) is 0 Å². The van der Waals surface area contributed by atoms with Crippen LogP contribution in [-0.4, -0.2) is 38.5 Å². The van der Waals surface area contributed by atoms with Crippen molar-refractivity contribution < 1.29 is 4.79 Å². The summed E-state index contributed by atoms with van der Waals surface area (Å²) in [6, 6.07) is 9.34. The molecule has 0 radical (unpaired) electrons. The molecule has 5 nitrogen and oxygen atoms in total. The second-order valence-electron chi connectivity index (χ2n) is 5.00. The molecule has 21 heavy (non-hydrogen) atoms. The van der Waals surface area contributed by atoms with E-state index in [4.69, 9.17) is 11.6 Å². The first-order valence-electron chi connectivity index (χ1n) is 6.56. The van der Waals surface area contributed by atoms with Crippen LogP contribution in [0.1, 0.15) is 21.4 Å². The fourth-order valence-electron chi connectivity index (χ4n) is 2.53. The number of hydrogen-bond acceptors (Lipinski definition) is 4. The van der Waals surface area contributed by atoms with Gasteiger partial charge >= 0.3 is 0 Å². The summed E-state index contributed by atoms with van der Waals surface area (Å²) in [5.74, 6) is 1.19. The van der Waals surface area contributed by atoms with E-state index in [1.165, 1.54) is 11.3 Å². The van der Waals surface area contributed by atoms with E-state index < -0.39 is 0 Å². The Morgan fingerprint density at radius 1 is 1.24 bits per heavy atom. The smallest absolute Gasteiger partial charge is 0.264 e. The van der Waals surface area contributed by atoms with Gasteiger partial charge in [0, 0.05) is 19.3 Å². The van der Waals surface area contributed by atoms with Gasteiger partial charge in [-0.2, -0.15) is 0 Å². The molecule has 0 unspecified atom stereocenters. The average molecular weight is 319 g/mol. The van der Waals surface area contributed by atoms with Gasteiger partial charge < -0.3 is 4.90 Å². The second kappa shape index (κ2) is 4.82. The molecule has 4 heterocycles. The molecule has 1 aliphatic rings. The monoisotopic (exact) mass is 318 g/mol. The number of aromatic nitrogens is 3. The highest BCUT2D eigenvalue weighted by Crippen LogP contribution is 2.30. The molecule has 3 aromatic heterocycles. The predicted molar refractivity (Wildman–Crippen MR) is 81.0 cm³/mol. The molecule has 3 aromatic rings. The van der Waals surface area contributed by atoms with Crippen LogP contribution in [0.3, 0.4) is 0 Å². The minimum absolute atomic E-state index is 0.0389. The normalized spacial score (nSPS) is 15.4. The number of halogens is 1. The molecule has 1 fully saturated rings. The van der Waals surface area contributed by atoms with E-state index in [9.17, 15) is 4.79 Å². The van der Waals surface area contributed by atoms with E-state index in [1.54, 1.807) is 12.1 Å². The molecular formula is C14H11ClN4OS. The zero-order valence-electron chi connectivity index (χ0n) is 10.9. The number of carbonyl (C=O) groups is 1. The predicted octanol–water partition coefficient (Wildman–Crippen LogP) is 2.68. The highest BCUT2D eigenvalue weighted by Gasteiger charge is 2.35. The van der Waals surface area contributed by atoms with Gasteiger partial charge in [-0.25, -0.2) is 0 Å². The van der Waals surface area contributed by atoms with Crippen molar-refractivity contribution in [3.63, 3.8) is 0 Å². The molecule has 0 aliphatic carbocycles. The van der Waals surface area contributed by atoms with Gasteiger partial charge in [0.25, 0.3) is 5.91 Å². The largest absolute Gasteiger partial charge is 0.336 e. The standard InChI is InChI=1S/C14H11ClN4OS/c15-11-5-4-10(21-11)14(20)18-7-9(8-18)13-17-16-12-3-1-2-6-19(12)13/h1-6,9H,7-8H2. The van der Waals surface area contributed by atoms with E-state index in [0.717, 1.165) is 11.5 Å². The van der Waals surface area contributed by atoms with Crippen molar-refractivity contribution in [3.05, 3.63) is 51.6 Å². The number of hydrogen-bond donors (Lipinski definition) is 0. The van der Waals surface area contributed by atoms with Gasteiger partial charge in [-0.1, -0.05) is 17.7 Å². The van der Waals surface area contributed by atoms with Crippen molar-refractivity contribution in [2.75, 3.05) is 13.1 Å². The zero-order chi connectivity index (χ0) is 14.4. The minimum atomic E-state index is 0.0389. The van der Waals surface area contributed by atoms with Crippen LogP contribution in [0.4, 0.5) is 0 Å². The number of likely N-dealkylation sites (tertiary alicyclic amines) is 1. The molecule has 4 rings (SSSR count). The lowest BCUT2D eigenvalue weighted by atomic mass is 9.99. The lowest BCUT2D eigenvalue weighted by Gasteiger charge is -2.37. The van der Waals surface area contributed by atoms with Gasteiger partial charge in [-0.15, -0.1) is 21.5 Å². The van der Waals surface area contributed by atoms with E-state index in [2.05, 4.69) is 10.2 Å². The summed E-state index contributed by atoms with van der Waals surface area (Å²) in [5.41, 5.74) is 0.835. The molecule has 1 saturated heterocycles. The number of carbonyl (C=O) groups excluding carboxylic acids is 1. The summed E-state index contributed by atoms with van der Waals surface area (Å²) in [4.78, 5) is 14.8. The number of fused-ring (bicyclic) bond motifs is 1. The van der Waals surface area contributed by atoms with E-state index in [0.29, 0.717) is 22.3 Å². The van der Waals surface area contributed by atoms with E-state index >= 15 is 0 Å². The van der Waals surface area contributed by atoms with Crippen molar-refractivity contribution in [2.45, 2.75) is 5.92 Å². The summed E-state index contributed by atoms with van der Waals surface area (Å²) >= 11 is 7.19. The first-order valence-corrected chi connectivity index (χ1v) is 7.76. The third-order valence-electron chi connectivity index (χ3n) is 3.66. The summed E-state index contributed by atoms with van der Waals surface area (Å²) < 4.78 is 2.62. The fourth-order valence-corrected chi connectivity index (χ4v) is 3.54. The van der Waals surface area contributed by atoms with Gasteiger partial charge in [-0.05, 0) is 24.3 Å². The quantitative estimate of drug-likeness (QED) is 0.730. The molecule has 106 valence electrons. The summed E-state index contributed by atoms with van der Waals surface area (Å²) in [6.45, 7) is 1.34. The lowest BCUT2D eigenvalue weighted by molar-refractivity contribution is 0.0599. The van der Waals surface area contributed by atoms with Crippen molar-refractivity contribution in [1.29, 1.82) is 0 Å². The van der Waals surface area contributed by atoms with Crippen LogP contribution in [0.5, 0.6) is 0 Å². The summed E-state index contributed by atoms with van der Waals surface area (Å²) in [7, 11) is 0. The third kappa shape index (κ3) is 2.11. The number of nitrogens with zero attached hydrogens (tertiary/aromatic N) is 4. The number of thiophene rings is 1. The van der Waals surface area contributed by atoms with Crippen LogP contribution >= 0.6 is 22.9 Å². The number of pyridine rings is 1. The SMILES string of the molecule is O=C(c1ccc(Cl)s1)N1CC(c2nnc3ccccn23)C1. The molecule has 0 bridgehead atoms. The molecule has 0 saturated carbocycles. The molecule has 1 aliphatic heterocycles. The summed E-state index contributed by atoms with van der Waals surface area (Å²) in [5, 5.41) is 8.39. The molecule has 0 atom stereocenters. The van der Waals surface area contributed by atoms with Crippen LogP contribution in [-0.2, 0) is 0 Å². The second-order valence-corrected chi connectivity index (χ2v) is 6.71. The molecular weight excluding hydrogens is 308 g/mol. The minimum Gasteiger partial charge on any atom is -0.336 e. The van der Waals surface area contributed by atoms with Crippen molar-refractivity contribution >= 4 is 34.5 Å². The van der Waals surface area contributed by atoms with Gasteiger partial charge in [0.15, 0.2) is 5.65 Å². The van der Waals surface area contributed by atoms with Gasteiger partial charge in [0.1, 0.15) is 5.82 Å². The number of rotatable bonds is 2. The molecule has 7 heteroatoms. The highest BCUT2D eigenvalue weighted by atomic mass is 35.5. The Balaban J connectivity index is 1.51. The molecule has 0 spiro atoms. The Labute approximate surface area is 129 Å². The van der Waals surface area contributed by atoms with Crippen LogP contribution < -0.4 is 0 Å². The van der Waals surface area contributed by atoms with Crippen LogP contribution in [0.15, 0.2) is 36.5 Å². The Bertz CT molecular complexity index is 821. The third-order valence-corrected chi connectivity index (χ3v) is 4.88. The highest BCUT2D eigenvalue weighted by molar-refractivity contribution is 7.17. The van der Waals surface area contributed by atoms with Crippen molar-refractivity contribution in [3.8, 4) is 0 Å². The maximum Gasteiger partial charge on any atom is 0.264 e. The van der Waals surface area contributed by atoms with Gasteiger partial charge in [0.05, 0.1) is 15.1 Å². The fraction of sp³-hybridized carbons (Fsp3) is 0.214. The average Bonchev–Trinajstić information content (AvgIpc) is 3.04. The zero-order valence-corrected chi connectivity index (χ0v) is 12.5. The Kier molecular flexibility index (Phi) is 2.94. The maximum absolute atomic E-state index is 12.3. The van der Waals surface area contributed by atoms with Crippen LogP contribution in [0.25, 0.3) is 5.65 Å². The Morgan fingerprint density at radius 2 is 2.10 bits per heavy atom. The van der Waals surface area contributed by atoms with E-state index in [1.807, 2.05) is 33.7 Å². The maximum atomic E-state index is 12.3. The van der Waals surface area contributed by atoms with Gasteiger partial charge in [0.2, 0.25) is 0 Å². The Hall–Kier alpha value is -1.92. The summed E-state index contributed by atoms with van der Waals surface area (Å²) in [6.07, 6.45) is 1.95. The van der Waals surface area contributed by atoms with E-state index in [-0.39, 0.29) is 11.8 Å². The Morgan fingerprint density at radius 3 is 2.86 bits per heavy atom. The van der Waals surface area contributed by atoms with Gasteiger partial charge in [-0.3, -0.25) is 9.20 Å². The first-order chi connectivity index (χ1) is 10.2. The lowest BCUT2D eigenvalue weighted by Crippen LogP contribution is -2.48. The van der Waals surface area contributed by atoms with Crippen molar-refractivity contribution in [1.82, 2.24) is 19.5 Å². The molecule has 1 amide bonds. The van der Waals surface area contributed by atoms with Crippen LogP contribution in [0, 0.1) is 0 Å². The topological polar surface area (TPSA) is 50.5 Å². The first kappa shape index (κ1) is 12.8. The van der Waals surface area contributed by atoms with Crippen LogP contribution in [0.2, 0.25) is 4.34 Å². The molecule has 0 N–H and O–H groups in total. The molecule has 0 aromatic carbocycles. The number of amides is 1.